The van der Waals surface area contributed by atoms with Crippen molar-refractivity contribution in [2.45, 2.75) is 13.8 Å². The van der Waals surface area contributed by atoms with Crippen molar-refractivity contribution in [2.24, 2.45) is 11.7 Å². The van der Waals surface area contributed by atoms with Crippen molar-refractivity contribution in [1.82, 2.24) is 0 Å². The standard InChI is InChI=1S/C12H17NO3/c1-9(2)12(14)16-11-5-3-10(4-6-11)15-8-7-13/h3-6,9H,7-8,13H2,1-2H3. The van der Waals surface area contributed by atoms with Gasteiger partial charge in [0, 0.05) is 6.54 Å². The highest BCUT2D eigenvalue weighted by molar-refractivity contribution is 5.74. The Balaban J connectivity index is 2.54. The van der Waals surface area contributed by atoms with Gasteiger partial charge in [-0.25, -0.2) is 0 Å². The lowest BCUT2D eigenvalue weighted by Crippen LogP contribution is -2.14. The molecule has 1 aromatic rings. The van der Waals surface area contributed by atoms with Gasteiger partial charge in [-0.2, -0.15) is 0 Å². The van der Waals surface area contributed by atoms with Gasteiger partial charge in [0.1, 0.15) is 18.1 Å². The second-order valence-electron chi connectivity index (χ2n) is 3.68. The minimum Gasteiger partial charge on any atom is -0.492 e. The van der Waals surface area contributed by atoms with Crippen molar-refractivity contribution in [3.63, 3.8) is 0 Å². The van der Waals surface area contributed by atoms with E-state index in [9.17, 15) is 4.79 Å². The highest BCUT2D eigenvalue weighted by atomic mass is 16.5. The van der Waals surface area contributed by atoms with Crippen LogP contribution in [0, 0.1) is 5.92 Å². The quantitative estimate of drug-likeness (QED) is 0.608. The first kappa shape index (κ1) is 12.5. The van der Waals surface area contributed by atoms with E-state index in [1.807, 2.05) is 0 Å². The minimum atomic E-state index is -0.240. The highest BCUT2D eigenvalue weighted by Gasteiger charge is 2.09. The normalized spacial score (nSPS) is 10.2. The molecule has 0 saturated heterocycles. The van der Waals surface area contributed by atoms with Gasteiger partial charge in [0.15, 0.2) is 0 Å². The Bertz CT molecular complexity index is 333. The largest absolute Gasteiger partial charge is 0.492 e. The van der Waals surface area contributed by atoms with E-state index in [4.69, 9.17) is 15.2 Å². The van der Waals surface area contributed by atoms with Gasteiger partial charge in [0.05, 0.1) is 5.92 Å². The molecule has 0 spiro atoms. The Morgan fingerprint density at radius 1 is 1.25 bits per heavy atom. The van der Waals surface area contributed by atoms with Crippen molar-refractivity contribution in [2.75, 3.05) is 13.2 Å². The third kappa shape index (κ3) is 3.90. The maximum absolute atomic E-state index is 11.3. The van der Waals surface area contributed by atoms with Crippen molar-refractivity contribution in [3.8, 4) is 11.5 Å². The summed E-state index contributed by atoms with van der Waals surface area (Å²) in [4.78, 5) is 11.3. The average molecular weight is 223 g/mol. The summed E-state index contributed by atoms with van der Waals surface area (Å²) in [5, 5.41) is 0. The van der Waals surface area contributed by atoms with Crippen LogP contribution in [0.25, 0.3) is 0 Å². The average Bonchev–Trinajstić information content (AvgIpc) is 2.28. The molecule has 0 heterocycles. The predicted octanol–water partition coefficient (Wildman–Crippen LogP) is 1.59. The molecule has 0 fully saturated rings. The van der Waals surface area contributed by atoms with Gasteiger partial charge in [0.2, 0.25) is 0 Å². The third-order valence-electron chi connectivity index (χ3n) is 1.90. The molecule has 0 aliphatic heterocycles. The molecule has 0 aromatic heterocycles. The first-order chi connectivity index (χ1) is 7.63. The Labute approximate surface area is 95.3 Å². The molecule has 2 N–H and O–H groups in total. The molecular formula is C12H17NO3. The monoisotopic (exact) mass is 223 g/mol. The lowest BCUT2D eigenvalue weighted by atomic mass is 10.2. The first-order valence-corrected chi connectivity index (χ1v) is 5.28. The molecule has 16 heavy (non-hydrogen) atoms. The third-order valence-corrected chi connectivity index (χ3v) is 1.90. The Hall–Kier alpha value is -1.55. The van der Waals surface area contributed by atoms with E-state index in [1.54, 1.807) is 38.1 Å². The minimum absolute atomic E-state index is 0.131. The van der Waals surface area contributed by atoms with Crippen molar-refractivity contribution < 1.29 is 14.3 Å². The molecule has 0 atom stereocenters. The number of esters is 1. The number of ether oxygens (including phenoxy) is 2. The van der Waals surface area contributed by atoms with E-state index in [0.29, 0.717) is 18.9 Å². The number of hydrogen-bond donors (Lipinski definition) is 1. The zero-order valence-corrected chi connectivity index (χ0v) is 9.60. The van der Waals surface area contributed by atoms with E-state index in [2.05, 4.69) is 0 Å². The van der Waals surface area contributed by atoms with Gasteiger partial charge in [0.25, 0.3) is 0 Å². The molecule has 0 amide bonds. The molecule has 1 rings (SSSR count). The van der Waals surface area contributed by atoms with Crippen LogP contribution in [0.3, 0.4) is 0 Å². The van der Waals surface area contributed by atoms with Gasteiger partial charge >= 0.3 is 5.97 Å². The topological polar surface area (TPSA) is 61.5 Å². The van der Waals surface area contributed by atoms with E-state index >= 15 is 0 Å². The van der Waals surface area contributed by atoms with Crippen LogP contribution in [0.4, 0.5) is 0 Å². The summed E-state index contributed by atoms with van der Waals surface area (Å²) in [5.74, 6) is 0.873. The number of hydrogen-bond acceptors (Lipinski definition) is 4. The fourth-order valence-corrected chi connectivity index (χ4v) is 1.01. The number of carbonyl (C=O) groups excluding carboxylic acids is 1. The molecule has 0 radical (unpaired) electrons. The summed E-state index contributed by atoms with van der Waals surface area (Å²) >= 11 is 0. The van der Waals surface area contributed by atoms with E-state index < -0.39 is 0 Å². The summed E-state index contributed by atoms with van der Waals surface area (Å²) in [6, 6.07) is 6.90. The van der Waals surface area contributed by atoms with Gasteiger partial charge in [-0.15, -0.1) is 0 Å². The summed E-state index contributed by atoms with van der Waals surface area (Å²) in [6.45, 7) is 4.54. The Morgan fingerprint density at radius 3 is 2.31 bits per heavy atom. The Kier molecular flexibility index (Phi) is 4.79. The molecule has 88 valence electrons. The second kappa shape index (κ2) is 6.12. The van der Waals surface area contributed by atoms with Crippen LogP contribution in [0.5, 0.6) is 11.5 Å². The van der Waals surface area contributed by atoms with Gasteiger partial charge < -0.3 is 15.2 Å². The van der Waals surface area contributed by atoms with Crippen molar-refractivity contribution >= 4 is 5.97 Å². The fraction of sp³-hybridized carbons (Fsp3) is 0.417. The Morgan fingerprint density at radius 2 is 1.81 bits per heavy atom. The lowest BCUT2D eigenvalue weighted by molar-refractivity contribution is -0.137. The molecule has 0 aliphatic rings. The maximum Gasteiger partial charge on any atom is 0.313 e. The first-order valence-electron chi connectivity index (χ1n) is 5.28. The predicted molar refractivity (Wildman–Crippen MR) is 61.5 cm³/mol. The van der Waals surface area contributed by atoms with Crippen LogP contribution in [0.15, 0.2) is 24.3 Å². The molecule has 1 aromatic carbocycles. The highest BCUT2D eigenvalue weighted by Crippen LogP contribution is 2.18. The molecule has 0 bridgehead atoms. The molecule has 0 aliphatic carbocycles. The summed E-state index contributed by atoms with van der Waals surface area (Å²) in [7, 11) is 0. The van der Waals surface area contributed by atoms with Gasteiger partial charge in [-0.05, 0) is 24.3 Å². The van der Waals surface area contributed by atoms with Crippen LogP contribution in [-0.4, -0.2) is 19.1 Å². The fourth-order valence-electron chi connectivity index (χ4n) is 1.01. The van der Waals surface area contributed by atoms with Crippen LogP contribution in [0.1, 0.15) is 13.8 Å². The summed E-state index contributed by atoms with van der Waals surface area (Å²) in [6.07, 6.45) is 0. The molecule has 4 heteroatoms. The number of carbonyl (C=O) groups is 1. The molecule has 0 unspecified atom stereocenters. The number of nitrogens with two attached hydrogens (primary N) is 1. The summed E-state index contributed by atoms with van der Waals surface area (Å²) in [5.41, 5.74) is 5.31. The van der Waals surface area contributed by atoms with Gasteiger partial charge in [-0.1, -0.05) is 13.8 Å². The van der Waals surface area contributed by atoms with Crippen LogP contribution in [0.2, 0.25) is 0 Å². The molecule has 0 saturated carbocycles. The number of benzene rings is 1. The van der Waals surface area contributed by atoms with E-state index in [-0.39, 0.29) is 11.9 Å². The molecular weight excluding hydrogens is 206 g/mol. The SMILES string of the molecule is CC(C)C(=O)Oc1ccc(OCCN)cc1. The van der Waals surface area contributed by atoms with Crippen LogP contribution >= 0.6 is 0 Å². The molecule has 4 nitrogen and oxygen atoms in total. The zero-order valence-electron chi connectivity index (χ0n) is 9.60. The van der Waals surface area contributed by atoms with Gasteiger partial charge in [-0.3, -0.25) is 4.79 Å². The van der Waals surface area contributed by atoms with Crippen LogP contribution in [-0.2, 0) is 4.79 Å². The summed E-state index contributed by atoms with van der Waals surface area (Å²) < 4.78 is 10.4. The second-order valence-corrected chi connectivity index (χ2v) is 3.68. The van der Waals surface area contributed by atoms with E-state index in [0.717, 1.165) is 5.75 Å². The maximum atomic E-state index is 11.3. The van der Waals surface area contributed by atoms with Crippen LogP contribution < -0.4 is 15.2 Å². The van der Waals surface area contributed by atoms with Crippen molar-refractivity contribution in [1.29, 1.82) is 0 Å². The smallest absolute Gasteiger partial charge is 0.313 e. The van der Waals surface area contributed by atoms with Crippen molar-refractivity contribution in [3.05, 3.63) is 24.3 Å². The lowest BCUT2D eigenvalue weighted by Gasteiger charge is -2.08. The zero-order chi connectivity index (χ0) is 12.0. The number of rotatable bonds is 5. The van der Waals surface area contributed by atoms with E-state index in [1.165, 1.54) is 0 Å².